The number of unbranched alkanes of at least 4 members (excludes halogenated alkanes) is 6. The number of aromatic hydroxyl groups is 1. The molecule has 1 amide bonds. The Morgan fingerprint density at radius 3 is 2.38 bits per heavy atom. The van der Waals surface area contributed by atoms with E-state index in [1.807, 2.05) is 60.0 Å². The molecule has 1 unspecified atom stereocenters. The van der Waals surface area contributed by atoms with Crippen molar-refractivity contribution in [3.8, 4) is 21.9 Å². The third kappa shape index (κ3) is 9.70. The number of benzene rings is 3. The molecule has 252 valence electrons. The molecule has 2 atom stereocenters. The molecule has 5 rings (SSSR count). The van der Waals surface area contributed by atoms with E-state index in [4.69, 9.17) is 4.74 Å². The second-order valence-electron chi connectivity index (χ2n) is 11.9. The second kappa shape index (κ2) is 17.5. The van der Waals surface area contributed by atoms with Crippen LogP contribution >= 0.6 is 11.3 Å². The highest BCUT2D eigenvalue weighted by molar-refractivity contribution is 7.13. The van der Waals surface area contributed by atoms with Gasteiger partial charge in [-0.1, -0.05) is 74.6 Å². The number of ether oxygens (including phenoxy) is 1. The van der Waals surface area contributed by atoms with Crippen molar-refractivity contribution in [2.75, 3.05) is 19.7 Å². The topological polar surface area (TPSA) is 144 Å². The van der Waals surface area contributed by atoms with Crippen LogP contribution in [0.1, 0.15) is 73.8 Å². The van der Waals surface area contributed by atoms with E-state index in [1.54, 1.807) is 23.5 Å². The van der Waals surface area contributed by atoms with Gasteiger partial charge in [-0.05, 0) is 83.4 Å². The summed E-state index contributed by atoms with van der Waals surface area (Å²) in [5.41, 5.74) is 3.40. The molecule has 5 aromatic rings. The Balaban J connectivity index is 1.01. The number of rotatable bonds is 18. The lowest BCUT2D eigenvalue weighted by atomic mass is 9.96. The monoisotopic (exact) mass is 669 g/mol. The predicted octanol–water partition coefficient (Wildman–Crippen LogP) is 7.75. The smallest absolute Gasteiger partial charge is 0.405 e. The summed E-state index contributed by atoms with van der Waals surface area (Å²) in [7, 11) is 0. The molecule has 48 heavy (non-hydrogen) atoms. The van der Waals surface area contributed by atoms with Gasteiger partial charge in [0.05, 0.1) is 24.3 Å². The quantitative estimate of drug-likeness (QED) is 0.0524. The first-order chi connectivity index (χ1) is 23.4. The Labute approximate surface area is 284 Å². The molecule has 0 saturated carbocycles. The van der Waals surface area contributed by atoms with Crippen LogP contribution < -0.4 is 20.9 Å². The highest BCUT2D eigenvalue weighted by Crippen LogP contribution is 2.34. The molecule has 10 heteroatoms. The van der Waals surface area contributed by atoms with Crippen LogP contribution in [0, 0.1) is 0 Å². The largest absolute Gasteiger partial charge is 0.506 e. The van der Waals surface area contributed by atoms with Crippen molar-refractivity contribution in [1.29, 1.82) is 0 Å². The van der Waals surface area contributed by atoms with Gasteiger partial charge in [0.1, 0.15) is 11.5 Å². The van der Waals surface area contributed by atoms with Crippen LogP contribution in [0.3, 0.4) is 0 Å². The number of hydrogen-bond donors (Lipinski definition) is 6. The average molecular weight is 670 g/mol. The molecule has 3 aromatic carbocycles. The van der Waals surface area contributed by atoms with Gasteiger partial charge in [-0.2, -0.15) is 0 Å². The number of hydrogen-bond acceptors (Lipinski definition) is 7. The number of aliphatic hydroxyl groups excluding tert-OH is 1. The normalized spacial score (nSPS) is 12.5. The number of phenolic OH excluding ortho intramolecular Hbond substituents is 1. The van der Waals surface area contributed by atoms with Crippen LogP contribution in [0.4, 0.5) is 4.79 Å². The van der Waals surface area contributed by atoms with Crippen molar-refractivity contribution in [2.24, 2.45) is 0 Å². The van der Waals surface area contributed by atoms with Crippen LogP contribution in [-0.4, -0.2) is 46.1 Å². The zero-order valence-corrected chi connectivity index (χ0v) is 27.7. The fourth-order valence-electron chi connectivity index (χ4n) is 5.91. The van der Waals surface area contributed by atoms with Crippen molar-refractivity contribution < 1.29 is 24.9 Å². The Kier molecular flexibility index (Phi) is 12.6. The number of nitrogens with one attached hydrogen (secondary N) is 3. The second-order valence-corrected chi connectivity index (χ2v) is 12.8. The highest BCUT2D eigenvalue weighted by Gasteiger charge is 2.19. The number of pyridine rings is 1. The van der Waals surface area contributed by atoms with Crippen LogP contribution in [0.25, 0.3) is 21.3 Å². The molecule has 0 fully saturated rings. The summed E-state index contributed by atoms with van der Waals surface area (Å²) in [6.07, 6.45) is 5.72. The Hall–Kier alpha value is -4.64. The van der Waals surface area contributed by atoms with E-state index in [9.17, 15) is 24.9 Å². The molecule has 0 aliphatic heterocycles. The zero-order chi connectivity index (χ0) is 33.7. The molecule has 0 spiro atoms. The third-order valence-corrected chi connectivity index (χ3v) is 9.26. The standard InChI is InChI=1S/C38H43N3O6S/c42-32-17-15-30(31-16-18-35(44)40-37(31)32)33(43)25-39-19-9-4-2-1-3-5-10-20-47-29-23-27(34-14-11-21-48-34)22-28(24-29)36(41-38(45)46)26-12-7-6-8-13-26/h6-8,11-18,21-24,33,36,39,41-43H,1-5,9-10,19-20,25H2,(H,40,44)(H,45,46)/t33-,36?/m1/s1. The third-order valence-electron chi connectivity index (χ3n) is 8.34. The molecule has 0 aliphatic carbocycles. The molecular weight excluding hydrogens is 627 g/mol. The van der Waals surface area contributed by atoms with Crippen LogP contribution in [0.5, 0.6) is 11.5 Å². The number of carboxylic acid groups (broad SMARTS) is 1. The maximum Gasteiger partial charge on any atom is 0.405 e. The summed E-state index contributed by atoms with van der Waals surface area (Å²) in [6.45, 7) is 1.78. The molecule has 0 aliphatic rings. The molecule has 2 heterocycles. The minimum absolute atomic E-state index is 0.0164. The van der Waals surface area contributed by atoms with Gasteiger partial charge in [-0.15, -0.1) is 11.3 Å². The van der Waals surface area contributed by atoms with E-state index in [-0.39, 0.29) is 11.3 Å². The number of thiophene rings is 1. The number of fused-ring (bicyclic) bond motifs is 1. The summed E-state index contributed by atoms with van der Waals surface area (Å²) in [5.74, 6) is 0.715. The first-order valence-electron chi connectivity index (χ1n) is 16.5. The Morgan fingerprint density at radius 1 is 0.854 bits per heavy atom. The fraction of sp³-hybridized carbons (Fsp3) is 0.316. The minimum Gasteiger partial charge on any atom is -0.506 e. The number of aliphatic hydroxyl groups is 1. The molecule has 0 saturated heterocycles. The summed E-state index contributed by atoms with van der Waals surface area (Å²) in [4.78, 5) is 27.1. The van der Waals surface area contributed by atoms with Crippen LogP contribution in [-0.2, 0) is 0 Å². The Bertz CT molecular complexity index is 1810. The molecule has 0 radical (unpaired) electrons. The van der Waals surface area contributed by atoms with E-state index in [0.29, 0.717) is 29.6 Å². The van der Waals surface area contributed by atoms with Crippen molar-refractivity contribution >= 4 is 28.3 Å². The highest BCUT2D eigenvalue weighted by atomic mass is 32.1. The average Bonchev–Trinajstić information content (AvgIpc) is 3.64. The Morgan fingerprint density at radius 2 is 1.62 bits per heavy atom. The molecule has 6 N–H and O–H groups in total. The number of H-pyrrole nitrogens is 1. The number of amides is 1. The molecule has 0 bridgehead atoms. The van der Waals surface area contributed by atoms with Gasteiger partial charge in [0.25, 0.3) is 0 Å². The maximum atomic E-state index is 11.7. The first-order valence-corrected chi connectivity index (χ1v) is 17.4. The van der Waals surface area contributed by atoms with Gasteiger partial charge in [-0.25, -0.2) is 4.79 Å². The molecule has 2 aromatic heterocycles. The number of carbonyl (C=O) groups is 1. The molecule has 9 nitrogen and oxygen atoms in total. The van der Waals surface area contributed by atoms with Crippen LogP contribution in [0.15, 0.2) is 95.1 Å². The summed E-state index contributed by atoms with van der Waals surface area (Å²) >= 11 is 1.64. The van der Waals surface area contributed by atoms with Crippen molar-refractivity contribution in [3.63, 3.8) is 0 Å². The minimum atomic E-state index is -1.08. The van der Waals surface area contributed by atoms with E-state index >= 15 is 0 Å². The maximum absolute atomic E-state index is 11.7. The lowest BCUT2D eigenvalue weighted by Gasteiger charge is -2.20. The lowest BCUT2D eigenvalue weighted by molar-refractivity contribution is 0.176. The van der Waals surface area contributed by atoms with Crippen molar-refractivity contribution in [3.05, 3.63) is 117 Å². The zero-order valence-electron chi connectivity index (χ0n) is 26.9. The van der Waals surface area contributed by atoms with E-state index < -0.39 is 18.2 Å². The lowest BCUT2D eigenvalue weighted by Crippen LogP contribution is -2.27. The summed E-state index contributed by atoms with van der Waals surface area (Å²) in [5, 5.41) is 39.0. The first kappa shape index (κ1) is 34.7. The van der Waals surface area contributed by atoms with Crippen LogP contribution in [0.2, 0.25) is 0 Å². The van der Waals surface area contributed by atoms with Crippen molar-refractivity contribution in [1.82, 2.24) is 15.6 Å². The number of aromatic nitrogens is 1. The van der Waals surface area contributed by atoms with Gasteiger partial charge in [-0.3, -0.25) is 4.79 Å². The molecular formula is C38H43N3O6S. The number of phenols is 1. The van der Waals surface area contributed by atoms with E-state index in [2.05, 4.69) is 21.7 Å². The van der Waals surface area contributed by atoms with Gasteiger partial charge in [0.2, 0.25) is 5.56 Å². The van der Waals surface area contributed by atoms with Gasteiger partial charge >= 0.3 is 6.09 Å². The summed E-state index contributed by atoms with van der Waals surface area (Å²) < 4.78 is 6.21. The SMILES string of the molecule is O=C(O)NC(c1ccccc1)c1cc(OCCCCCCCCCNC[C@@H](O)c2ccc(O)c3[nH]c(=O)ccc23)cc(-c2cccs2)c1. The van der Waals surface area contributed by atoms with Gasteiger partial charge in [0, 0.05) is 22.9 Å². The predicted molar refractivity (Wildman–Crippen MR) is 191 cm³/mol. The van der Waals surface area contributed by atoms with E-state index in [0.717, 1.165) is 78.8 Å². The van der Waals surface area contributed by atoms with Crippen molar-refractivity contribution in [2.45, 2.75) is 57.1 Å². The summed E-state index contributed by atoms with van der Waals surface area (Å²) in [6, 6.07) is 25.3. The van der Waals surface area contributed by atoms with Gasteiger partial charge in [0.15, 0.2) is 0 Å². The number of aromatic amines is 1. The van der Waals surface area contributed by atoms with E-state index in [1.165, 1.54) is 12.1 Å². The fourth-order valence-corrected chi connectivity index (χ4v) is 6.62. The van der Waals surface area contributed by atoms with Gasteiger partial charge < -0.3 is 35.7 Å².